The van der Waals surface area contributed by atoms with Crippen molar-refractivity contribution in [1.29, 1.82) is 0 Å². The Morgan fingerprint density at radius 1 is 1.12 bits per heavy atom. The second kappa shape index (κ2) is 13.7. The fraction of sp³-hybridized carbons (Fsp3) is 0.720. The third kappa shape index (κ3) is 7.57. The van der Waals surface area contributed by atoms with Crippen molar-refractivity contribution in [3.8, 4) is 0 Å². The third-order valence-corrected chi connectivity index (χ3v) is 6.76. The van der Waals surface area contributed by atoms with Crippen LogP contribution in [0, 0.1) is 0 Å². The fourth-order valence-electron chi connectivity index (χ4n) is 4.88. The van der Waals surface area contributed by atoms with Crippen molar-refractivity contribution in [2.45, 2.75) is 64.2 Å². The molecule has 180 valence electrons. The van der Waals surface area contributed by atoms with Gasteiger partial charge in [0.15, 0.2) is 5.96 Å². The molecule has 1 aromatic carbocycles. The average molecular weight is 557 g/mol. The number of likely N-dealkylation sites (tertiary alicyclic amines) is 1. The molecule has 6 nitrogen and oxygen atoms in total. The van der Waals surface area contributed by atoms with E-state index in [0.717, 1.165) is 90.7 Å². The lowest BCUT2D eigenvalue weighted by molar-refractivity contribution is -0.0721. The van der Waals surface area contributed by atoms with Crippen LogP contribution in [0.4, 0.5) is 0 Å². The molecule has 0 bridgehead atoms. The molecule has 32 heavy (non-hydrogen) atoms. The van der Waals surface area contributed by atoms with Crippen LogP contribution >= 0.6 is 24.0 Å². The van der Waals surface area contributed by atoms with Crippen LogP contribution in [0.15, 0.2) is 29.3 Å². The number of ether oxygens (including phenoxy) is 2. The van der Waals surface area contributed by atoms with Gasteiger partial charge in [0.05, 0.1) is 25.4 Å². The van der Waals surface area contributed by atoms with Gasteiger partial charge in [0, 0.05) is 45.9 Å². The Balaban J connectivity index is 0.00000289. The highest BCUT2D eigenvalue weighted by molar-refractivity contribution is 14.0. The lowest BCUT2D eigenvalue weighted by Gasteiger charge is -2.35. The van der Waals surface area contributed by atoms with Crippen LogP contribution in [-0.4, -0.2) is 80.4 Å². The van der Waals surface area contributed by atoms with Crippen molar-refractivity contribution in [2.24, 2.45) is 4.99 Å². The number of nitrogens with zero attached hydrogens (tertiary/aromatic N) is 3. The highest BCUT2D eigenvalue weighted by atomic mass is 127. The normalized spacial score (nSPS) is 22.8. The molecule has 0 aromatic heterocycles. The molecule has 0 radical (unpaired) electrons. The van der Waals surface area contributed by atoms with E-state index in [1.807, 2.05) is 0 Å². The second-order valence-corrected chi connectivity index (χ2v) is 9.04. The van der Waals surface area contributed by atoms with E-state index < -0.39 is 0 Å². The number of benzene rings is 1. The number of rotatable bonds is 7. The van der Waals surface area contributed by atoms with Gasteiger partial charge in [-0.25, -0.2) is 0 Å². The first kappa shape index (κ1) is 25.7. The number of hydrogen-bond donors (Lipinski definition) is 1. The predicted molar refractivity (Wildman–Crippen MR) is 141 cm³/mol. The van der Waals surface area contributed by atoms with E-state index in [2.05, 4.69) is 46.3 Å². The first-order valence-electron chi connectivity index (χ1n) is 12.4. The van der Waals surface area contributed by atoms with Gasteiger partial charge in [-0.05, 0) is 56.6 Å². The zero-order chi connectivity index (χ0) is 21.3. The second-order valence-electron chi connectivity index (χ2n) is 9.04. The molecule has 1 atom stereocenters. The van der Waals surface area contributed by atoms with Crippen molar-refractivity contribution in [3.05, 3.63) is 35.4 Å². The van der Waals surface area contributed by atoms with Crippen molar-refractivity contribution in [3.63, 3.8) is 0 Å². The first-order valence-corrected chi connectivity index (χ1v) is 12.4. The Morgan fingerprint density at radius 3 is 2.69 bits per heavy atom. The molecular formula is C25H41IN4O2. The number of piperidine rings is 1. The van der Waals surface area contributed by atoms with Gasteiger partial charge >= 0.3 is 0 Å². The smallest absolute Gasteiger partial charge is 0.193 e. The topological polar surface area (TPSA) is 49.3 Å². The fourth-order valence-corrected chi connectivity index (χ4v) is 4.88. The van der Waals surface area contributed by atoms with Crippen LogP contribution in [0.5, 0.6) is 0 Å². The maximum absolute atomic E-state index is 6.18. The molecule has 1 aromatic rings. The van der Waals surface area contributed by atoms with Crippen LogP contribution in [0.3, 0.4) is 0 Å². The van der Waals surface area contributed by atoms with Crippen molar-refractivity contribution >= 4 is 29.9 Å². The van der Waals surface area contributed by atoms with E-state index in [0.29, 0.717) is 12.2 Å². The number of nitrogens with one attached hydrogen (secondary N) is 1. The molecule has 0 saturated carbocycles. The quantitative estimate of drug-likeness (QED) is 0.316. The molecule has 4 rings (SSSR count). The Hall–Kier alpha value is -0.900. The summed E-state index contributed by atoms with van der Waals surface area (Å²) in [5, 5.41) is 3.50. The molecule has 3 heterocycles. The minimum absolute atomic E-state index is 0. The number of aliphatic imine (C=N–C) groups is 1. The number of guanidine groups is 1. The number of halogens is 1. The lowest BCUT2D eigenvalue weighted by atomic mass is 10.00. The third-order valence-electron chi connectivity index (χ3n) is 6.76. The Labute approximate surface area is 211 Å². The molecule has 2 saturated heterocycles. The van der Waals surface area contributed by atoms with Crippen molar-refractivity contribution < 1.29 is 9.47 Å². The Kier molecular flexibility index (Phi) is 11.0. The lowest BCUT2D eigenvalue weighted by Crippen LogP contribution is -2.47. The van der Waals surface area contributed by atoms with Crippen LogP contribution < -0.4 is 5.32 Å². The Morgan fingerprint density at radius 2 is 1.94 bits per heavy atom. The summed E-state index contributed by atoms with van der Waals surface area (Å²) in [6, 6.07) is 8.84. The summed E-state index contributed by atoms with van der Waals surface area (Å²) >= 11 is 0. The first-order chi connectivity index (χ1) is 15.3. The zero-order valence-corrected chi connectivity index (χ0v) is 22.0. The highest BCUT2D eigenvalue weighted by Gasteiger charge is 2.24. The monoisotopic (exact) mass is 556 g/mol. The van der Waals surface area contributed by atoms with Crippen LogP contribution in [0.1, 0.15) is 50.2 Å². The van der Waals surface area contributed by atoms with Gasteiger partial charge in [-0.1, -0.05) is 24.3 Å². The minimum atomic E-state index is 0. The number of hydrogen-bond acceptors (Lipinski definition) is 4. The van der Waals surface area contributed by atoms with E-state index in [1.165, 1.54) is 24.0 Å². The molecule has 7 heteroatoms. The standard InChI is InChI=1S/C25H40N4O2.HI/c1-2-26-25(27-13-17-28-14-10-21-7-3-4-8-22(21)19-28)29-15-11-23(12-16-29)31-20-24-9-5-6-18-30-24;/h3-4,7-8,23-24H,2,5-6,9-20H2,1H3,(H,26,27);1H. The molecule has 1 N–H and O–H groups in total. The summed E-state index contributed by atoms with van der Waals surface area (Å²) in [6.45, 7) is 10.8. The van der Waals surface area contributed by atoms with Crippen LogP contribution in [0.2, 0.25) is 0 Å². The maximum atomic E-state index is 6.18. The number of fused-ring (bicyclic) bond motifs is 1. The molecule has 2 fully saturated rings. The summed E-state index contributed by atoms with van der Waals surface area (Å²) in [4.78, 5) is 9.90. The van der Waals surface area contributed by atoms with Gasteiger partial charge in [-0.15, -0.1) is 24.0 Å². The summed E-state index contributed by atoms with van der Waals surface area (Å²) in [6.07, 6.45) is 7.59. The Bertz CT molecular complexity index is 703. The van der Waals surface area contributed by atoms with E-state index >= 15 is 0 Å². The zero-order valence-electron chi connectivity index (χ0n) is 19.6. The van der Waals surface area contributed by atoms with Crippen LogP contribution in [0.25, 0.3) is 0 Å². The van der Waals surface area contributed by atoms with E-state index in [9.17, 15) is 0 Å². The van der Waals surface area contributed by atoms with Gasteiger partial charge in [0.1, 0.15) is 0 Å². The van der Waals surface area contributed by atoms with E-state index in [-0.39, 0.29) is 24.0 Å². The largest absolute Gasteiger partial charge is 0.376 e. The maximum Gasteiger partial charge on any atom is 0.193 e. The summed E-state index contributed by atoms with van der Waals surface area (Å²) in [7, 11) is 0. The van der Waals surface area contributed by atoms with Gasteiger partial charge in [-0.2, -0.15) is 0 Å². The SMILES string of the molecule is CCNC(=NCCN1CCc2ccccc2C1)N1CCC(OCC2CCCCO2)CC1.I. The summed E-state index contributed by atoms with van der Waals surface area (Å²) < 4.78 is 12.0. The molecule has 0 amide bonds. The molecule has 3 aliphatic heterocycles. The van der Waals surface area contributed by atoms with E-state index in [4.69, 9.17) is 14.5 Å². The molecular weight excluding hydrogens is 515 g/mol. The van der Waals surface area contributed by atoms with Crippen molar-refractivity contribution in [1.82, 2.24) is 15.1 Å². The summed E-state index contributed by atoms with van der Waals surface area (Å²) in [5.41, 5.74) is 2.99. The minimum Gasteiger partial charge on any atom is -0.376 e. The van der Waals surface area contributed by atoms with Gasteiger partial charge in [0.2, 0.25) is 0 Å². The summed E-state index contributed by atoms with van der Waals surface area (Å²) in [5.74, 6) is 1.06. The van der Waals surface area contributed by atoms with Crippen LogP contribution in [-0.2, 0) is 22.4 Å². The van der Waals surface area contributed by atoms with Gasteiger partial charge in [-0.3, -0.25) is 9.89 Å². The molecule has 0 spiro atoms. The van der Waals surface area contributed by atoms with Gasteiger partial charge in [0.25, 0.3) is 0 Å². The highest BCUT2D eigenvalue weighted by Crippen LogP contribution is 2.19. The van der Waals surface area contributed by atoms with Crippen molar-refractivity contribution in [2.75, 3.05) is 52.5 Å². The average Bonchev–Trinajstić information content (AvgIpc) is 2.83. The van der Waals surface area contributed by atoms with E-state index in [1.54, 1.807) is 0 Å². The molecule has 0 aliphatic carbocycles. The molecule has 1 unspecified atom stereocenters. The van der Waals surface area contributed by atoms with Gasteiger partial charge < -0.3 is 19.7 Å². The predicted octanol–water partition coefficient (Wildman–Crippen LogP) is 3.68. The molecule has 3 aliphatic rings.